The van der Waals surface area contributed by atoms with Crippen LogP contribution in [-0.2, 0) is 22.0 Å². The third-order valence-electron chi connectivity index (χ3n) is 7.42. The SMILES string of the molecule is COc1cc(C(=O)NC[C@](O)(c2cc3c(c(-c4ccc(F)cc4)n2)OC[C@]3(C)C(N)=O)C(F)(F)F)cn2cc(C(F)(F)F)nc12. The minimum absolute atomic E-state index is 0.0794. The molecule has 0 fully saturated rings. The first kappa shape index (κ1) is 31.5. The van der Waals surface area contributed by atoms with E-state index in [2.05, 4.69) is 9.97 Å². The van der Waals surface area contributed by atoms with Crippen molar-refractivity contribution < 1.29 is 54.9 Å². The van der Waals surface area contributed by atoms with Gasteiger partial charge >= 0.3 is 12.4 Å². The summed E-state index contributed by atoms with van der Waals surface area (Å²) in [6.07, 6.45) is -8.88. The number of halogens is 7. The molecule has 17 heteroatoms. The Hall–Kier alpha value is -4.93. The summed E-state index contributed by atoms with van der Waals surface area (Å²) in [6.45, 7) is -0.583. The van der Waals surface area contributed by atoms with Crippen LogP contribution in [0.1, 0.15) is 34.2 Å². The summed E-state index contributed by atoms with van der Waals surface area (Å²) in [7, 11) is 1.09. The molecule has 45 heavy (non-hydrogen) atoms. The number of benzene rings is 1. The summed E-state index contributed by atoms with van der Waals surface area (Å²) >= 11 is 0. The zero-order valence-corrected chi connectivity index (χ0v) is 23.2. The summed E-state index contributed by atoms with van der Waals surface area (Å²) in [5.41, 5.74) is -3.43. The molecule has 10 nitrogen and oxygen atoms in total. The first-order chi connectivity index (χ1) is 20.9. The Morgan fingerprint density at radius 1 is 1.09 bits per heavy atom. The van der Waals surface area contributed by atoms with E-state index < -0.39 is 64.5 Å². The summed E-state index contributed by atoms with van der Waals surface area (Å²) in [5, 5.41) is 13.1. The van der Waals surface area contributed by atoms with Gasteiger partial charge in [0.25, 0.3) is 5.91 Å². The number of rotatable bonds is 7. The monoisotopic (exact) mass is 641 g/mol. The molecule has 1 aliphatic heterocycles. The van der Waals surface area contributed by atoms with Gasteiger partial charge < -0.3 is 30.0 Å². The van der Waals surface area contributed by atoms with Crippen molar-refractivity contribution in [1.29, 1.82) is 0 Å². The second kappa shape index (κ2) is 10.6. The molecule has 2 atom stereocenters. The van der Waals surface area contributed by atoms with Crippen LogP contribution in [0.3, 0.4) is 0 Å². The molecule has 0 aliphatic carbocycles. The molecule has 4 N–H and O–H groups in total. The van der Waals surface area contributed by atoms with Crippen molar-refractivity contribution in [3.8, 4) is 22.8 Å². The summed E-state index contributed by atoms with van der Waals surface area (Å²) < 4.78 is 108. The number of hydrogen-bond donors (Lipinski definition) is 3. The van der Waals surface area contributed by atoms with Crippen molar-refractivity contribution in [1.82, 2.24) is 19.7 Å². The van der Waals surface area contributed by atoms with Gasteiger partial charge in [0.1, 0.15) is 29.3 Å². The Bertz CT molecular complexity index is 1820. The number of primary amides is 1. The number of aliphatic hydroxyl groups is 1. The van der Waals surface area contributed by atoms with Crippen LogP contribution < -0.4 is 20.5 Å². The number of amides is 2. The molecule has 1 aromatic carbocycles. The predicted octanol–water partition coefficient (Wildman–Crippen LogP) is 3.88. The molecule has 0 saturated carbocycles. The lowest BCUT2D eigenvalue weighted by molar-refractivity contribution is -0.265. The maximum atomic E-state index is 14.6. The van der Waals surface area contributed by atoms with Crippen molar-refractivity contribution in [2.75, 3.05) is 20.3 Å². The third-order valence-corrected chi connectivity index (χ3v) is 7.42. The van der Waals surface area contributed by atoms with Gasteiger partial charge in [-0.2, -0.15) is 26.3 Å². The van der Waals surface area contributed by atoms with Gasteiger partial charge in [-0.25, -0.2) is 14.4 Å². The minimum Gasteiger partial charge on any atom is -0.493 e. The molecular formula is C28H22F7N5O5. The largest absolute Gasteiger partial charge is 0.493 e. The van der Waals surface area contributed by atoms with E-state index in [1.165, 1.54) is 19.1 Å². The zero-order valence-electron chi connectivity index (χ0n) is 23.2. The number of carbonyl (C=O) groups excluding carboxylic acids is 2. The second-order valence-corrected chi connectivity index (χ2v) is 10.4. The van der Waals surface area contributed by atoms with Gasteiger partial charge in [0.2, 0.25) is 11.5 Å². The average Bonchev–Trinajstić information content (AvgIpc) is 3.57. The Labute approximate surface area is 248 Å². The van der Waals surface area contributed by atoms with E-state index in [9.17, 15) is 45.4 Å². The van der Waals surface area contributed by atoms with E-state index in [-0.39, 0.29) is 40.6 Å². The van der Waals surface area contributed by atoms with Crippen molar-refractivity contribution in [2.24, 2.45) is 5.73 Å². The molecule has 0 bridgehead atoms. The van der Waals surface area contributed by atoms with Gasteiger partial charge in [-0.1, -0.05) is 0 Å². The molecule has 0 saturated heterocycles. The van der Waals surface area contributed by atoms with E-state index in [1.807, 2.05) is 5.32 Å². The average molecular weight is 642 g/mol. The fourth-order valence-corrected chi connectivity index (χ4v) is 4.73. The lowest BCUT2D eigenvalue weighted by Crippen LogP contribution is -2.51. The Morgan fingerprint density at radius 3 is 2.33 bits per heavy atom. The number of ether oxygens (including phenoxy) is 2. The first-order valence-corrected chi connectivity index (χ1v) is 12.8. The summed E-state index contributed by atoms with van der Waals surface area (Å²) in [5.74, 6) is -3.25. The summed E-state index contributed by atoms with van der Waals surface area (Å²) in [4.78, 5) is 32.8. The molecule has 3 aromatic heterocycles. The highest BCUT2D eigenvalue weighted by Crippen LogP contribution is 2.47. The van der Waals surface area contributed by atoms with Crippen LogP contribution in [0.2, 0.25) is 0 Å². The number of imidazole rings is 1. The number of methoxy groups -OCH3 is 1. The number of nitrogens with two attached hydrogens (primary N) is 1. The Balaban J connectivity index is 1.57. The van der Waals surface area contributed by atoms with Crippen LogP contribution in [0.4, 0.5) is 30.7 Å². The lowest BCUT2D eigenvalue weighted by atomic mass is 9.81. The maximum Gasteiger partial charge on any atom is 0.434 e. The van der Waals surface area contributed by atoms with Crippen LogP contribution in [0.15, 0.2) is 48.8 Å². The molecule has 4 aromatic rings. The molecule has 0 unspecified atom stereocenters. The van der Waals surface area contributed by atoms with Gasteiger partial charge in [0.15, 0.2) is 17.1 Å². The molecule has 4 heterocycles. The molecule has 1 aliphatic rings. The van der Waals surface area contributed by atoms with Gasteiger partial charge in [-0.3, -0.25) is 9.59 Å². The van der Waals surface area contributed by atoms with Gasteiger partial charge in [0.05, 0.1) is 24.9 Å². The number of alkyl halides is 6. The van der Waals surface area contributed by atoms with Crippen molar-refractivity contribution in [2.45, 2.75) is 30.3 Å². The van der Waals surface area contributed by atoms with Gasteiger partial charge in [-0.05, 0) is 43.3 Å². The topological polar surface area (TPSA) is 141 Å². The van der Waals surface area contributed by atoms with Crippen molar-refractivity contribution in [3.63, 3.8) is 0 Å². The predicted molar refractivity (Wildman–Crippen MR) is 141 cm³/mol. The van der Waals surface area contributed by atoms with E-state index in [1.54, 1.807) is 0 Å². The van der Waals surface area contributed by atoms with E-state index >= 15 is 0 Å². The fraction of sp³-hybridized carbons (Fsp3) is 0.286. The zero-order chi connectivity index (χ0) is 33.1. The Morgan fingerprint density at radius 2 is 1.76 bits per heavy atom. The highest BCUT2D eigenvalue weighted by atomic mass is 19.4. The number of pyridine rings is 2. The molecule has 2 amide bonds. The fourth-order valence-electron chi connectivity index (χ4n) is 4.73. The van der Waals surface area contributed by atoms with Crippen LogP contribution in [0.5, 0.6) is 11.5 Å². The normalized spacial score (nSPS) is 17.8. The standard InChI is InChI=1S/C28H22F7N5O5/c1-25(24(36)42)12-45-21-16(25)8-18(38-20(21)13-3-5-15(29)6-4-13)26(43,28(33,34)35)11-37-23(41)14-7-17(44-2)22-39-19(27(30,31)32)10-40(22)9-14/h3-10,43H,11-12H2,1-2H3,(H2,36,42)(H,37,41)/t25-,26-/m0/s1. The number of carbonyl (C=O) groups is 2. The van der Waals surface area contributed by atoms with Crippen LogP contribution in [0.25, 0.3) is 16.9 Å². The molecule has 238 valence electrons. The number of fused-ring (bicyclic) bond motifs is 2. The van der Waals surface area contributed by atoms with Gasteiger partial charge in [0, 0.05) is 23.5 Å². The quantitative estimate of drug-likeness (QED) is 0.260. The van der Waals surface area contributed by atoms with Gasteiger partial charge in [-0.15, -0.1) is 0 Å². The second-order valence-electron chi connectivity index (χ2n) is 10.4. The molecule has 0 spiro atoms. The summed E-state index contributed by atoms with van der Waals surface area (Å²) in [6, 6.07) is 6.17. The molecule has 5 rings (SSSR count). The van der Waals surface area contributed by atoms with Crippen LogP contribution >= 0.6 is 0 Å². The van der Waals surface area contributed by atoms with E-state index in [0.717, 1.165) is 42.0 Å². The van der Waals surface area contributed by atoms with Crippen LogP contribution in [-0.4, -0.2) is 57.7 Å². The Kier molecular flexibility index (Phi) is 7.42. The van der Waals surface area contributed by atoms with E-state index in [4.69, 9.17) is 15.2 Å². The lowest BCUT2D eigenvalue weighted by Gasteiger charge is -2.31. The van der Waals surface area contributed by atoms with Crippen molar-refractivity contribution in [3.05, 3.63) is 77.1 Å². The maximum absolute atomic E-state index is 14.6. The smallest absolute Gasteiger partial charge is 0.434 e. The van der Waals surface area contributed by atoms with Crippen LogP contribution in [0, 0.1) is 5.82 Å². The molecular weight excluding hydrogens is 619 g/mol. The first-order valence-electron chi connectivity index (χ1n) is 12.8. The highest BCUT2D eigenvalue weighted by Gasteiger charge is 2.57. The molecule has 0 radical (unpaired) electrons. The number of hydrogen-bond acceptors (Lipinski definition) is 7. The number of aromatic nitrogens is 3. The third kappa shape index (κ3) is 5.36. The number of nitrogens with one attached hydrogen (secondary N) is 1. The van der Waals surface area contributed by atoms with Crippen molar-refractivity contribution >= 4 is 17.5 Å². The number of nitrogens with zero attached hydrogens (tertiary/aromatic N) is 3. The van der Waals surface area contributed by atoms with E-state index in [0.29, 0.717) is 6.20 Å². The highest BCUT2D eigenvalue weighted by molar-refractivity contribution is 5.95. The minimum atomic E-state index is -5.49.